The van der Waals surface area contributed by atoms with Crippen LogP contribution in [0.5, 0.6) is 0 Å². The van der Waals surface area contributed by atoms with E-state index in [1.807, 2.05) is 7.05 Å². The third kappa shape index (κ3) is 6.37. The van der Waals surface area contributed by atoms with Gasteiger partial charge in [0.1, 0.15) is 0 Å². The minimum absolute atomic E-state index is 0.224. The summed E-state index contributed by atoms with van der Waals surface area (Å²) in [5.74, 6) is 3.33. The number of rotatable bonds is 7. The van der Waals surface area contributed by atoms with E-state index >= 15 is 0 Å². The molecule has 1 aromatic carbocycles. The van der Waals surface area contributed by atoms with Crippen LogP contribution in [0.4, 0.5) is 0 Å². The number of nitrogens with one attached hydrogen (secondary N) is 2. The monoisotopic (exact) mass is 445 g/mol. The lowest BCUT2D eigenvalue weighted by Crippen LogP contribution is -2.60. The highest BCUT2D eigenvalue weighted by Crippen LogP contribution is 2.33. The molecule has 3 aliphatic heterocycles. The molecule has 3 saturated heterocycles. The van der Waals surface area contributed by atoms with E-state index in [4.69, 9.17) is 4.74 Å². The van der Waals surface area contributed by atoms with Gasteiger partial charge in [-0.15, -0.1) is 0 Å². The number of piperidine rings is 1. The number of likely N-dealkylation sites (tertiary alicyclic amines) is 1. The average Bonchev–Trinajstić information content (AvgIpc) is 3.32. The standard InChI is InChI=1S/C24H39N5OS/c1-25-23(27-19-24(9-16-31-20-24)29-12-14-30-15-13-29)26-17-21-5-7-22(8-6-21)18-28-10-3-2-4-11-28/h5-8H,2-4,9-20H2,1H3,(H2,25,26,27). The van der Waals surface area contributed by atoms with Crippen LogP contribution in [0.1, 0.15) is 36.8 Å². The molecule has 7 heteroatoms. The molecule has 0 amide bonds. The van der Waals surface area contributed by atoms with Crippen molar-refractivity contribution in [3.63, 3.8) is 0 Å². The van der Waals surface area contributed by atoms with Crippen LogP contribution in [0.2, 0.25) is 0 Å². The third-order valence-electron chi connectivity index (χ3n) is 6.91. The summed E-state index contributed by atoms with van der Waals surface area (Å²) in [5, 5.41) is 7.13. The Morgan fingerprint density at radius 2 is 1.77 bits per heavy atom. The molecule has 1 aromatic rings. The summed E-state index contributed by atoms with van der Waals surface area (Å²) in [5.41, 5.74) is 2.94. The molecule has 0 saturated carbocycles. The number of ether oxygens (including phenoxy) is 1. The highest BCUT2D eigenvalue weighted by Gasteiger charge is 2.40. The Morgan fingerprint density at radius 1 is 1.03 bits per heavy atom. The lowest BCUT2D eigenvalue weighted by molar-refractivity contribution is -0.0120. The van der Waals surface area contributed by atoms with Crippen LogP contribution in [0.15, 0.2) is 29.3 Å². The Bertz CT molecular complexity index is 692. The molecular formula is C24H39N5OS. The molecule has 172 valence electrons. The molecule has 3 aliphatic rings. The van der Waals surface area contributed by atoms with Crippen molar-refractivity contribution >= 4 is 17.7 Å². The van der Waals surface area contributed by atoms with E-state index in [-0.39, 0.29) is 5.54 Å². The van der Waals surface area contributed by atoms with Crippen molar-refractivity contribution in [2.75, 3.05) is 64.5 Å². The molecule has 0 aromatic heterocycles. The zero-order valence-corrected chi connectivity index (χ0v) is 19.9. The van der Waals surface area contributed by atoms with E-state index < -0.39 is 0 Å². The highest BCUT2D eigenvalue weighted by molar-refractivity contribution is 7.99. The van der Waals surface area contributed by atoms with E-state index in [2.05, 4.69) is 61.5 Å². The third-order valence-corrected chi connectivity index (χ3v) is 8.14. The van der Waals surface area contributed by atoms with Crippen molar-refractivity contribution in [1.82, 2.24) is 20.4 Å². The van der Waals surface area contributed by atoms with Crippen LogP contribution in [0.3, 0.4) is 0 Å². The molecule has 1 unspecified atom stereocenters. The average molecular weight is 446 g/mol. The van der Waals surface area contributed by atoms with Gasteiger partial charge in [-0.3, -0.25) is 14.8 Å². The summed E-state index contributed by atoms with van der Waals surface area (Å²) >= 11 is 2.07. The fourth-order valence-electron chi connectivity index (χ4n) is 4.93. The Labute approximate surface area is 192 Å². The topological polar surface area (TPSA) is 52.1 Å². The number of hydrogen-bond donors (Lipinski definition) is 2. The second-order valence-corrected chi connectivity index (χ2v) is 10.2. The molecule has 1 atom stereocenters. The van der Waals surface area contributed by atoms with Gasteiger partial charge in [-0.2, -0.15) is 11.8 Å². The zero-order valence-electron chi connectivity index (χ0n) is 19.1. The Morgan fingerprint density at radius 3 is 2.45 bits per heavy atom. The van der Waals surface area contributed by atoms with Crippen LogP contribution in [0.25, 0.3) is 0 Å². The van der Waals surface area contributed by atoms with Crippen LogP contribution in [-0.2, 0) is 17.8 Å². The van der Waals surface area contributed by atoms with E-state index in [9.17, 15) is 0 Å². The molecule has 0 spiro atoms. The predicted octanol–water partition coefficient (Wildman–Crippen LogP) is 2.55. The van der Waals surface area contributed by atoms with Gasteiger partial charge in [0.25, 0.3) is 0 Å². The Hall–Kier alpha value is -1.28. The van der Waals surface area contributed by atoms with Crippen molar-refractivity contribution in [2.45, 2.75) is 44.3 Å². The van der Waals surface area contributed by atoms with Gasteiger partial charge in [0.05, 0.1) is 13.2 Å². The van der Waals surface area contributed by atoms with Crippen molar-refractivity contribution in [3.05, 3.63) is 35.4 Å². The quantitative estimate of drug-likeness (QED) is 0.497. The first-order valence-corrected chi connectivity index (χ1v) is 13.1. The number of hydrogen-bond acceptors (Lipinski definition) is 5. The molecule has 0 aliphatic carbocycles. The molecule has 2 N–H and O–H groups in total. The minimum atomic E-state index is 0.224. The fourth-order valence-corrected chi connectivity index (χ4v) is 6.41. The maximum Gasteiger partial charge on any atom is 0.191 e. The lowest BCUT2D eigenvalue weighted by atomic mass is 9.95. The lowest BCUT2D eigenvalue weighted by Gasteiger charge is -2.43. The molecule has 4 rings (SSSR count). The second kappa shape index (κ2) is 11.5. The summed E-state index contributed by atoms with van der Waals surface area (Å²) in [6.07, 6.45) is 5.32. The number of benzene rings is 1. The first kappa shape index (κ1) is 22.9. The van der Waals surface area contributed by atoms with Crippen molar-refractivity contribution < 1.29 is 4.74 Å². The summed E-state index contributed by atoms with van der Waals surface area (Å²) in [4.78, 5) is 9.69. The van der Waals surface area contributed by atoms with Crippen molar-refractivity contribution in [2.24, 2.45) is 4.99 Å². The molecule has 6 nitrogen and oxygen atoms in total. The van der Waals surface area contributed by atoms with Gasteiger partial charge in [0, 0.05) is 51.1 Å². The first-order chi connectivity index (χ1) is 15.3. The van der Waals surface area contributed by atoms with Gasteiger partial charge >= 0.3 is 0 Å². The van der Waals surface area contributed by atoms with E-state index in [0.29, 0.717) is 0 Å². The summed E-state index contributed by atoms with van der Waals surface area (Å²) in [7, 11) is 1.86. The van der Waals surface area contributed by atoms with Gasteiger partial charge in [-0.05, 0) is 49.2 Å². The number of nitrogens with zero attached hydrogens (tertiary/aromatic N) is 3. The largest absolute Gasteiger partial charge is 0.379 e. The number of thioether (sulfide) groups is 1. The summed E-state index contributed by atoms with van der Waals surface area (Å²) in [6.45, 7) is 9.10. The van der Waals surface area contributed by atoms with Gasteiger partial charge < -0.3 is 15.4 Å². The second-order valence-electron chi connectivity index (χ2n) is 9.06. The summed E-state index contributed by atoms with van der Waals surface area (Å²) in [6, 6.07) is 9.07. The SMILES string of the molecule is CN=C(NCc1ccc(CN2CCCCC2)cc1)NCC1(N2CCOCC2)CCSC1. The normalized spacial score (nSPS) is 26.2. The number of morpholine rings is 1. The predicted molar refractivity (Wildman–Crippen MR) is 131 cm³/mol. The molecule has 3 fully saturated rings. The van der Waals surface area contributed by atoms with Gasteiger partial charge in [0.2, 0.25) is 0 Å². The number of guanidine groups is 1. The minimum Gasteiger partial charge on any atom is -0.379 e. The van der Waals surface area contributed by atoms with Crippen LogP contribution in [0, 0.1) is 0 Å². The Kier molecular flexibility index (Phi) is 8.53. The van der Waals surface area contributed by atoms with Crippen molar-refractivity contribution in [1.29, 1.82) is 0 Å². The van der Waals surface area contributed by atoms with Crippen LogP contribution in [-0.4, -0.2) is 85.8 Å². The van der Waals surface area contributed by atoms with Crippen molar-refractivity contribution in [3.8, 4) is 0 Å². The molecule has 0 radical (unpaired) electrons. The molecule has 3 heterocycles. The smallest absolute Gasteiger partial charge is 0.191 e. The molecular weight excluding hydrogens is 406 g/mol. The van der Waals surface area contributed by atoms with E-state index in [1.54, 1.807) is 0 Å². The maximum absolute atomic E-state index is 5.58. The zero-order chi connectivity index (χ0) is 21.4. The maximum atomic E-state index is 5.58. The van der Waals surface area contributed by atoms with E-state index in [1.165, 1.54) is 61.4 Å². The van der Waals surface area contributed by atoms with E-state index in [0.717, 1.165) is 51.9 Å². The summed E-state index contributed by atoms with van der Waals surface area (Å²) < 4.78 is 5.58. The van der Waals surface area contributed by atoms with Gasteiger partial charge in [-0.25, -0.2) is 0 Å². The molecule has 31 heavy (non-hydrogen) atoms. The van der Waals surface area contributed by atoms with Crippen LogP contribution < -0.4 is 10.6 Å². The number of aliphatic imine (C=N–C) groups is 1. The highest BCUT2D eigenvalue weighted by atomic mass is 32.2. The van der Waals surface area contributed by atoms with Crippen LogP contribution >= 0.6 is 11.8 Å². The molecule has 0 bridgehead atoms. The Balaban J connectivity index is 1.25. The fraction of sp³-hybridized carbons (Fsp3) is 0.708. The van der Waals surface area contributed by atoms with Gasteiger partial charge in [-0.1, -0.05) is 30.7 Å². The first-order valence-electron chi connectivity index (χ1n) is 11.9. The van der Waals surface area contributed by atoms with Gasteiger partial charge in [0.15, 0.2) is 5.96 Å².